The zero-order valence-corrected chi connectivity index (χ0v) is 12.6. The fourth-order valence-electron chi connectivity index (χ4n) is 3.23. The van der Waals surface area contributed by atoms with Crippen LogP contribution < -0.4 is 0 Å². The van der Waals surface area contributed by atoms with Crippen LogP contribution in [0, 0.1) is 16.0 Å². The van der Waals surface area contributed by atoms with E-state index in [1.54, 1.807) is 18.2 Å². The molecule has 2 aliphatic rings. The Morgan fingerprint density at radius 3 is 2.59 bits per heavy atom. The lowest BCUT2D eigenvalue weighted by Crippen LogP contribution is -2.43. The van der Waals surface area contributed by atoms with Crippen molar-refractivity contribution >= 4 is 17.2 Å². The maximum atomic E-state index is 11.2. The summed E-state index contributed by atoms with van der Waals surface area (Å²) in [6, 6.07) is 6.73. The predicted octanol–water partition coefficient (Wildman–Crippen LogP) is 3.15. The van der Waals surface area contributed by atoms with Crippen LogP contribution in [0.4, 0.5) is 11.4 Å². The second-order valence-electron chi connectivity index (χ2n) is 5.80. The number of ether oxygens (including phenoxy) is 1. The number of para-hydroxylation sites is 2. The molecule has 2 fully saturated rings. The number of benzene rings is 1. The highest BCUT2D eigenvalue weighted by Gasteiger charge is 2.27. The Morgan fingerprint density at radius 1 is 1.23 bits per heavy atom. The molecule has 1 aliphatic carbocycles. The number of morpholine rings is 1. The molecule has 1 aromatic rings. The van der Waals surface area contributed by atoms with Gasteiger partial charge in [0.2, 0.25) is 0 Å². The highest BCUT2D eigenvalue weighted by Crippen LogP contribution is 2.32. The van der Waals surface area contributed by atoms with Crippen LogP contribution in [0.5, 0.6) is 0 Å². The Hall–Kier alpha value is -1.95. The molecule has 22 heavy (non-hydrogen) atoms. The standard InChI is InChI=1S/C16H21N3O3/c20-19(21)15-8-4-3-7-14(15)17-16(13-5-1-2-6-13)18-9-11-22-12-10-18/h3-4,7-8,13H,1-2,5-6,9-12H2. The summed E-state index contributed by atoms with van der Waals surface area (Å²) in [6.45, 7) is 3.02. The van der Waals surface area contributed by atoms with Crippen molar-refractivity contribution in [1.82, 2.24) is 4.90 Å². The van der Waals surface area contributed by atoms with Gasteiger partial charge in [-0.25, -0.2) is 4.99 Å². The lowest BCUT2D eigenvalue weighted by Gasteiger charge is -2.32. The summed E-state index contributed by atoms with van der Waals surface area (Å²) >= 11 is 0. The molecule has 1 saturated heterocycles. The van der Waals surface area contributed by atoms with Gasteiger partial charge < -0.3 is 9.64 Å². The van der Waals surface area contributed by atoms with Crippen LogP contribution in [0.1, 0.15) is 25.7 Å². The summed E-state index contributed by atoms with van der Waals surface area (Å²) in [5.41, 5.74) is 0.534. The first-order chi connectivity index (χ1) is 10.8. The summed E-state index contributed by atoms with van der Waals surface area (Å²) in [5.74, 6) is 1.42. The Balaban J connectivity index is 1.95. The molecule has 0 spiro atoms. The van der Waals surface area contributed by atoms with Crippen molar-refractivity contribution in [3.63, 3.8) is 0 Å². The summed E-state index contributed by atoms with van der Waals surface area (Å²) < 4.78 is 5.42. The minimum atomic E-state index is -0.357. The van der Waals surface area contributed by atoms with E-state index in [2.05, 4.69) is 4.90 Å². The van der Waals surface area contributed by atoms with E-state index in [4.69, 9.17) is 9.73 Å². The highest BCUT2D eigenvalue weighted by atomic mass is 16.6. The fraction of sp³-hybridized carbons (Fsp3) is 0.562. The van der Waals surface area contributed by atoms with Crippen LogP contribution >= 0.6 is 0 Å². The molecule has 3 rings (SSSR count). The average Bonchev–Trinajstić information content (AvgIpc) is 3.08. The van der Waals surface area contributed by atoms with Crippen LogP contribution in [0.15, 0.2) is 29.3 Å². The van der Waals surface area contributed by atoms with Crippen molar-refractivity contribution in [3.8, 4) is 0 Å². The predicted molar refractivity (Wildman–Crippen MR) is 84.5 cm³/mol. The number of nitrogens with zero attached hydrogens (tertiary/aromatic N) is 3. The van der Waals surface area contributed by atoms with Gasteiger partial charge in [0.05, 0.1) is 18.1 Å². The molecule has 0 radical (unpaired) electrons. The Labute approximate surface area is 129 Å². The zero-order chi connectivity index (χ0) is 15.4. The van der Waals surface area contributed by atoms with Gasteiger partial charge in [0, 0.05) is 25.1 Å². The third-order valence-corrected chi connectivity index (χ3v) is 4.37. The lowest BCUT2D eigenvalue weighted by atomic mass is 10.1. The number of aliphatic imine (C=N–C) groups is 1. The first-order valence-corrected chi connectivity index (χ1v) is 7.90. The summed E-state index contributed by atoms with van der Waals surface area (Å²) in [4.78, 5) is 17.8. The smallest absolute Gasteiger partial charge is 0.294 e. The molecular formula is C16H21N3O3. The monoisotopic (exact) mass is 303 g/mol. The molecule has 0 amide bonds. The Kier molecular flexibility index (Phi) is 4.68. The number of nitro benzene ring substituents is 1. The quantitative estimate of drug-likeness (QED) is 0.372. The van der Waals surface area contributed by atoms with Crippen LogP contribution in [0.3, 0.4) is 0 Å². The van der Waals surface area contributed by atoms with Crippen LogP contribution in [-0.4, -0.2) is 42.0 Å². The number of hydrogen-bond donors (Lipinski definition) is 0. The van der Waals surface area contributed by atoms with Crippen LogP contribution in [0.25, 0.3) is 0 Å². The van der Waals surface area contributed by atoms with Crippen LogP contribution in [0.2, 0.25) is 0 Å². The minimum Gasteiger partial charge on any atom is -0.378 e. The van der Waals surface area contributed by atoms with Crippen molar-refractivity contribution < 1.29 is 9.66 Å². The molecular weight excluding hydrogens is 282 g/mol. The minimum absolute atomic E-state index is 0.0752. The molecule has 6 nitrogen and oxygen atoms in total. The average molecular weight is 303 g/mol. The summed E-state index contributed by atoms with van der Waals surface area (Å²) in [7, 11) is 0. The van der Waals surface area contributed by atoms with Crippen molar-refractivity contribution in [2.45, 2.75) is 25.7 Å². The molecule has 6 heteroatoms. The van der Waals surface area contributed by atoms with Crippen molar-refractivity contribution in [2.24, 2.45) is 10.9 Å². The molecule has 1 heterocycles. The van der Waals surface area contributed by atoms with E-state index in [1.807, 2.05) is 0 Å². The second-order valence-corrected chi connectivity index (χ2v) is 5.80. The Bertz CT molecular complexity index is 562. The third kappa shape index (κ3) is 3.27. The van der Waals surface area contributed by atoms with E-state index in [1.165, 1.54) is 18.9 Å². The lowest BCUT2D eigenvalue weighted by molar-refractivity contribution is -0.384. The maximum absolute atomic E-state index is 11.2. The summed E-state index contributed by atoms with van der Waals surface area (Å²) in [6.07, 6.45) is 4.67. The summed E-state index contributed by atoms with van der Waals surface area (Å²) in [5, 5.41) is 11.2. The van der Waals surface area contributed by atoms with E-state index < -0.39 is 0 Å². The normalized spacial score (nSPS) is 20.4. The van der Waals surface area contributed by atoms with E-state index in [0.29, 0.717) is 24.8 Å². The van der Waals surface area contributed by atoms with Gasteiger partial charge in [-0.15, -0.1) is 0 Å². The molecule has 1 aliphatic heterocycles. The number of nitro groups is 1. The zero-order valence-electron chi connectivity index (χ0n) is 12.6. The second kappa shape index (κ2) is 6.87. The molecule has 0 unspecified atom stereocenters. The van der Waals surface area contributed by atoms with Gasteiger partial charge in [0.1, 0.15) is 11.5 Å². The van der Waals surface area contributed by atoms with Gasteiger partial charge in [-0.05, 0) is 18.9 Å². The number of hydrogen-bond acceptors (Lipinski definition) is 4. The Morgan fingerprint density at radius 2 is 1.91 bits per heavy atom. The molecule has 1 aromatic carbocycles. The molecule has 0 N–H and O–H groups in total. The largest absolute Gasteiger partial charge is 0.378 e. The molecule has 0 bridgehead atoms. The van der Waals surface area contributed by atoms with E-state index in [-0.39, 0.29) is 10.6 Å². The molecule has 118 valence electrons. The highest BCUT2D eigenvalue weighted by molar-refractivity contribution is 5.88. The molecule has 0 aromatic heterocycles. The van der Waals surface area contributed by atoms with E-state index >= 15 is 0 Å². The molecule has 0 atom stereocenters. The maximum Gasteiger partial charge on any atom is 0.294 e. The first-order valence-electron chi connectivity index (χ1n) is 7.90. The van der Waals surface area contributed by atoms with Crippen molar-refractivity contribution in [1.29, 1.82) is 0 Å². The van der Waals surface area contributed by atoms with Crippen molar-refractivity contribution in [3.05, 3.63) is 34.4 Å². The topological polar surface area (TPSA) is 68.0 Å². The molecule has 1 saturated carbocycles. The number of rotatable bonds is 3. The van der Waals surface area contributed by atoms with Crippen LogP contribution in [-0.2, 0) is 4.74 Å². The van der Waals surface area contributed by atoms with Crippen molar-refractivity contribution in [2.75, 3.05) is 26.3 Å². The fourth-order valence-corrected chi connectivity index (χ4v) is 3.23. The third-order valence-electron chi connectivity index (χ3n) is 4.37. The van der Waals surface area contributed by atoms with E-state index in [0.717, 1.165) is 31.8 Å². The van der Waals surface area contributed by atoms with Gasteiger partial charge in [-0.2, -0.15) is 0 Å². The SMILES string of the molecule is O=[N+]([O-])c1ccccc1N=C(C1CCCC1)N1CCOCC1. The van der Waals surface area contributed by atoms with Gasteiger partial charge in [0.15, 0.2) is 0 Å². The van der Waals surface area contributed by atoms with Gasteiger partial charge in [-0.1, -0.05) is 25.0 Å². The van der Waals surface area contributed by atoms with Gasteiger partial charge in [-0.3, -0.25) is 10.1 Å². The number of amidine groups is 1. The first kappa shape index (κ1) is 15.0. The van der Waals surface area contributed by atoms with Gasteiger partial charge in [0.25, 0.3) is 5.69 Å². The van der Waals surface area contributed by atoms with Gasteiger partial charge >= 0.3 is 0 Å². The van der Waals surface area contributed by atoms with E-state index in [9.17, 15) is 10.1 Å².